The van der Waals surface area contributed by atoms with Crippen LogP contribution in [0.1, 0.15) is 5.56 Å². The second-order valence-corrected chi connectivity index (χ2v) is 6.51. The van der Waals surface area contributed by atoms with Crippen molar-refractivity contribution in [1.29, 1.82) is 0 Å². The minimum atomic E-state index is -3.14. The van der Waals surface area contributed by atoms with Gasteiger partial charge in [-0.2, -0.15) is 0 Å². The van der Waals surface area contributed by atoms with E-state index in [4.69, 9.17) is 5.73 Å². The van der Waals surface area contributed by atoms with Gasteiger partial charge in [0.1, 0.15) is 0 Å². The normalized spacial score (nSPS) is 18.7. The summed E-state index contributed by atoms with van der Waals surface area (Å²) in [6.07, 6.45) is 0.543. The lowest BCUT2D eigenvalue weighted by atomic mass is 10.1. The van der Waals surface area contributed by atoms with E-state index in [0.29, 0.717) is 17.8 Å². The topological polar surface area (TPSA) is 63.4 Å². The summed E-state index contributed by atoms with van der Waals surface area (Å²) in [7, 11) is -1.59. The lowest BCUT2D eigenvalue weighted by Crippen LogP contribution is -2.34. The Kier molecular flexibility index (Phi) is 2.42. The number of hydrogen-bond donors (Lipinski definition) is 1. The highest BCUT2D eigenvalue weighted by Crippen LogP contribution is 2.34. The standard InChI is InChI=1S/C9H11BrN2O2S/c1-12-9-5-8(11)7(10)4-6(9)2-3-15(12,13)14/h4-5H,2-3,11H2,1H3. The molecule has 2 rings (SSSR count). The summed E-state index contributed by atoms with van der Waals surface area (Å²) in [4.78, 5) is 0. The van der Waals surface area contributed by atoms with Gasteiger partial charge >= 0.3 is 0 Å². The molecule has 0 fully saturated rings. The molecule has 0 unspecified atom stereocenters. The van der Waals surface area contributed by atoms with Crippen LogP contribution in [0.5, 0.6) is 0 Å². The van der Waals surface area contributed by atoms with Gasteiger partial charge in [0.15, 0.2) is 0 Å². The summed E-state index contributed by atoms with van der Waals surface area (Å²) in [5, 5.41) is 0. The van der Waals surface area contributed by atoms with E-state index in [9.17, 15) is 8.42 Å². The fraction of sp³-hybridized carbons (Fsp3) is 0.333. The Morgan fingerprint density at radius 1 is 1.47 bits per heavy atom. The molecule has 4 nitrogen and oxygen atoms in total. The highest BCUT2D eigenvalue weighted by Gasteiger charge is 2.26. The first-order valence-electron chi connectivity index (χ1n) is 4.46. The first-order valence-corrected chi connectivity index (χ1v) is 6.86. The van der Waals surface area contributed by atoms with Crippen LogP contribution in [0.3, 0.4) is 0 Å². The van der Waals surface area contributed by atoms with Gasteiger partial charge in [-0.1, -0.05) is 0 Å². The third-order valence-corrected chi connectivity index (χ3v) is 5.02. The SMILES string of the molecule is CN1c2cc(N)c(Br)cc2CCS1(=O)=O. The molecule has 0 spiro atoms. The monoisotopic (exact) mass is 290 g/mol. The third kappa shape index (κ3) is 1.72. The zero-order chi connectivity index (χ0) is 11.2. The summed E-state index contributed by atoms with van der Waals surface area (Å²) < 4.78 is 25.3. The molecule has 0 saturated carbocycles. The highest BCUT2D eigenvalue weighted by atomic mass is 79.9. The predicted octanol–water partition coefficient (Wildman–Crippen LogP) is 1.35. The second-order valence-electron chi connectivity index (χ2n) is 3.54. The van der Waals surface area contributed by atoms with Gasteiger partial charge in [0.2, 0.25) is 10.0 Å². The van der Waals surface area contributed by atoms with Crippen molar-refractivity contribution in [2.24, 2.45) is 0 Å². The first-order chi connectivity index (χ1) is 6.92. The van der Waals surface area contributed by atoms with Gasteiger partial charge in [0.25, 0.3) is 0 Å². The molecule has 0 atom stereocenters. The van der Waals surface area contributed by atoms with Crippen molar-refractivity contribution >= 4 is 37.3 Å². The van der Waals surface area contributed by atoms with Crippen molar-refractivity contribution in [1.82, 2.24) is 0 Å². The lowest BCUT2D eigenvalue weighted by molar-refractivity contribution is 0.591. The Morgan fingerprint density at radius 2 is 2.13 bits per heavy atom. The van der Waals surface area contributed by atoms with E-state index in [2.05, 4.69) is 15.9 Å². The molecule has 1 aromatic rings. The van der Waals surface area contributed by atoms with Crippen LogP contribution in [0.15, 0.2) is 16.6 Å². The summed E-state index contributed by atoms with van der Waals surface area (Å²) in [5.74, 6) is 0.160. The van der Waals surface area contributed by atoms with E-state index in [1.54, 1.807) is 13.1 Å². The molecule has 0 amide bonds. The van der Waals surface area contributed by atoms with Crippen molar-refractivity contribution in [3.05, 3.63) is 22.2 Å². The van der Waals surface area contributed by atoms with Crippen LogP contribution < -0.4 is 10.0 Å². The van der Waals surface area contributed by atoms with E-state index in [1.165, 1.54) is 4.31 Å². The van der Waals surface area contributed by atoms with E-state index in [0.717, 1.165) is 10.0 Å². The van der Waals surface area contributed by atoms with Crippen molar-refractivity contribution in [2.45, 2.75) is 6.42 Å². The Bertz CT molecular complexity index is 513. The second kappa shape index (κ2) is 3.38. The first kappa shape index (κ1) is 10.8. The number of sulfonamides is 1. The Hall–Kier alpha value is -0.750. The molecule has 1 aliphatic heterocycles. The summed E-state index contributed by atoms with van der Waals surface area (Å²) in [6, 6.07) is 3.58. The van der Waals surface area contributed by atoms with Gasteiger partial charge < -0.3 is 5.73 Å². The van der Waals surface area contributed by atoms with E-state index >= 15 is 0 Å². The average molecular weight is 291 g/mol. The Labute approximate surface area is 97.2 Å². The molecule has 6 heteroatoms. The van der Waals surface area contributed by atoms with Crippen LogP contribution in [0.25, 0.3) is 0 Å². The average Bonchev–Trinajstić information content (AvgIpc) is 2.16. The van der Waals surface area contributed by atoms with Gasteiger partial charge in [-0.15, -0.1) is 0 Å². The zero-order valence-electron chi connectivity index (χ0n) is 8.20. The number of nitrogen functional groups attached to an aromatic ring is 1. The van der Waals surface area contributed by atoms with E-state index in [1.807, 2.05) is 6.07 Å². The molecule has 0 radical (unpaired) electrons. The molecule has 1 heterocycles. The minimum absolute atomic E-state index is 0.160. The fourth-order valence-corrected chi connectivity index (χ4v) is 3.25. The van der Waals surface area contributed by atoms with Gasteiger partial charge in [0.05, 0.1) is 11.4 Å². The molecule has 1 aliphatic rings. The molecule has 82 valence electrons. The predicted molar refractivity (Wildman–Crippen MR) is 64.4 cm³/mol. The summed E-state index contributed by atoms with van der Waals surface area (Å²) >= 11 is 3.33. The zero-order valence-corrected chi connectivity index (χ0v) is 10.6. The van der Waals surface area contributed by atoms with E-state index < -0.39 is 10.0 Å². The van der Waals surface area contributed by atoms with Gasteiger partial charge in [-0.05, 0) is 40.0 Å². The number of rotatable bonds is 0. The maximum Gasteiger partial charge on any atom is 0.235 e. The molecular formula is C9H11BrN2O2S. The number of nitrogens with zero attached hydrogens (tertiary/aromatic N) is 1. The number of aryl methyl sites for hydroxylation is 1. The van der Waals surface area contributed by atoms with Gasteiger partial charge in [0, 0.05) is 17.2 Å². The van der Waals surface area contributed by atoms with Crippen molar-refractivity contribution in [3.8, 4) is 0 Å². The number of benzene rings is 1. The van der Waals surface area contributed by atoms with Crippen LogP contribution in [0.2, 0.25) is 0 Å². The number of hydrogen-bond acceptors (Lipinski definition) is 3. The van der Waals surface area contributed by atoms with Crippen LogP contribution in [-0.4, -0.2) is 21.2 Å². The van der Waals surface area contributed by atoms with Crippen molar-refractivity contribution in [3.63, 3.8) is 0 Å². The lowest BCUT2D eigenvalue weighted by Gasteiger charge is -2.27. The quantitative estimate of drug-likeness (QED) is 0.734. The molecule has 0 bridgehead atoms. The van der Waals surface area contributed by atoms with Crippen LogP contribution in [0, 0.1) is 0 Å². The van der Waals surface area contributed by atoms with E-state index in [-0.39, 0.29) is 5.75 Å². The van der Waals surface area contributed by atoms with Crippen LogP contribution >= 0.6 is 15.9 Å². The molecule has 2 N–H and O–H groups in total. The number of halogens is 1. The molecule has 1 aromatic carbocycles. The third-order valence-electron chi connectivity index (χ3n) is 2.58. The van der Waals surface area contributed by atoms with Gasteiger partial charge in [-0.3, -0.25) is 4.31 Å². The minimum Gasteiger partial charge on any atom is -0.398 e. The number of nitrogens with two attached hydrogens (primary N) is 1. The maximum absolute atomic E-state index is 11.6. The number of fused-ring (bicyclic) bond motifs is 1. The van der Waals surface area contributed by atoms with Crippen molar-refractivity contribution < 1.29 is 8.42 Å². The summed E-state index contributed by atoms with van der Waals surface area (Å²) in [5.41, 5.74) is 7.97. The van der Waals surface area contributed by atoms with Gasteiger partial charge in [-0.25, -0.2) is 8.42 Å². The molecule has 15 heavy (non-hydrogen) atoms. The fourth-order valence-electron chi connectivity index (χ4n) is 1.64. The highest BCUT2D eigenvalue weighted by molar-refractivity contribution is 9.10. The smallest absolute Gasteiger partial charge is 0.235 e. The largest absolute Gasteiger partial charge is 0.398 e. The van der Waals surface area contributed by atoms with Crippen LogP contribution in [-0.2, 0) is 16.4 Å². The molecular weight excluding hydrogens is 280 g/mol. The molecule has 0 aromatic heterocycles. The maximum atomic E-state index is 11.6. The Morgan fingerprint density at radius 3 is 2.80 bits per heavy atom. The molecule has 0 aliphatic carbocycles. The number of anilines is 2. The van der Waals surface area contributed by atoms with Crippen molar-refractivity contribution in [2.75, 3.05) is 22.8 Å². The summed E-state index contributed by atoms with van der Waals surface area (Å²) in [6.45, 7) is 0. The van der Waals surface area contributed by atoms with Crippen LogP contribution in [0.4, 0.5) is 11.4 Å². The Balaban J connectivity index is 2.62. The molecule has 0 saturated heterocycles.